The number of ether oxygens (including phenoxy) is 2. The first-order valence-corrected chi connectivity index (χ1v) is 8.38. The van der Waals surface area contributed by atoms with E-state index >= 15 is 0 Å². The van der Waals surface area contributed by atoms with Gasteiger partial charge in [0.15, 0.2) is 11.6 Å². The average Bonchev–Trinajstić information content (AvgIpc) is 2.65. The molecule has 2 atom stereocenters. The Morgan fingerprint density at radius 2 is 2.04 bits per heavy atom. The molecule has 132 valence electrons. The summed E-state index contributed by atoms with van der Waals surface area (Å²) in [6, 6.07) is 8.65. The molecule has 26 heavy (non-hydrogen) atoms. The monoisotopic (exact) mass is 352 g/mol. The second-order valence-electron chi connectivity index (χ2n) is 6.32. The van der Waals surface area contributed by atoms with Gasteiger partial charge in [0.2, 0.25) is 6.29 Å². The van der Waals surface area contributed by atoms with Crippen molar-refractivity contribution in [1.29, 1.82) is 0 Å². The summed E-state index contributed by atoms with van der Waals surface area (Å²) in [5.74, 6) is -0.935. The SMILES string of the molecule is CCC1OC(OC=O)CC2=C1C(=O)c1c(cc3ccccc3c1O)C2=O. The number of hydrogen-bond acceptors (Lipinski definition) is 6. The van der Waals surface area contributed by atoms with Gasteiger partial charge in [-0.25, -0.2) is 0 Å². The second kappa shape index (κ2) is 6.07. The summed E-state index contributed by atoms with van der Waals surface area (Å²) in [6.07, 6.45) is -1.12. The molecule has 6 nitrogen and oxygen atoms in total. The van der Waals surface area contributed by atoms with Crippen molar-refractivity contribution in [2.75, 3.05) is 0 Å². The predicted octanol–water partition coefficient (Wildman–Crippen LogP) is 2.92. The lowest BCUT2D eigenvalue weighted by atomic mass is 9.77. The van der Waals surface area contributed by atoms with Crippen molar-refractivity contribution in [3.8, 4) is 5.75 Å². The third-order valence-electron chi connectivity index (χ3n) is 4.92. The highest BCUT2D eigenvalue weighted by molar-refractivity contribution is 6.30. The fraction of sp³-hybridized carbons (Fsp3) is 0.250. The van der Waals surface area contributed by atoms with Gasteiger partial charge in [0, 0.05) is 28.5 Å². The lowest BCUT2D eigenvalue weighted by Crippen LogP contribution is -2.39. The Bertz CT molecular complexity index is 987. The van der Waals surface area contributed by atoms with E-state index in [0.717, 1.165) is 0 Å². The third-order valence-corrected chi connectivity index (χ3v) is 4.92. The number of phenolic OH excluding ortho intramolecular Hbond substituents is 1. The molecule has 2 aliphatic rings. The molecule has 0 saturated heterocycles. The Labute approximate surface area is 149 Å². The van der Waals surface area contributed by atoms with Crippen molar-refractivity contribution < 1.29 is 29.0 Å². The number of Topliss-reactive ketones (excluding diaryl/α,β-unsaturated/α-hetero) is 2. The fourth-order valence-electron chi connectivity index (χ4n) is 3.75. The van der Waals surface area contributed by atoms with E-state index in [9.17, 15) is 19.5 Å². The molecule has 2 aromatic carbocycles. The van der Waals surface area contributed by atoms with Crippen LogP contribution in [0.1, 0.15) is 40.5 Å². The molecule has 1 N–H and O–H groups in total. The van der Waals surface area contributed by atoms with E-state index in [0.29, 0.717) is 22.8 Å². The van der Waals surface area contributed by atoms with Crippen molar-refractivity contribution in [2.24, 2.45) is 0 Å². The Morgan fingerprint density at radius 1 is 1.27 bits per heavy atom. The van der Waals surface area contributed by atoms with Crippen LogP contribution in [0.15, 0.2) is 41.5 Å². The third kappa shape index (κ3) is 2.26. The van der Waals surface area contributed by atoms with Gasteiger partial charge >= 0.3 is 0 Å². The summed E-state index contributed by atoms with van der Waals surface area (Å²) in [6.45, 7) is 2.08. The summed E-state index contributed by atoms with van der Waals surface area (Å²) in [4.78, 5) is 36.9. The molecule has 1 aliphatic carbocycles. The molecule has 0 saturated carbocycles. The van der Waals surface area contributed by atoms with Crippen LogP contribution in [0.2, 0.25) is 0 Å². The highest BCUT2D eigenvalue weighted by Gasteiger charge is 2.43. The zero-order valence-electron chi connectivity index (χ0n) is 14.0. The number of hydrogen-bond donors (Lipinski definition) is 1. The van der Waals surface area contributed by atoms with Crippen molar-refractivity contribution in [2.45, 2.75) is 32.2 Å². The molecule has 0 amide bonds. The van der Waals surface area contributed by atoms with Gasteiger partial charge in [0.05, 0.1) is 11.7 Å². The highest BCUT2D eigenvalue weighted by atomic mass is 16.7. The van der Waals surface area contributed by atoms with Gasteiger partial charge in [-0.15, -0.1) is 0 Å². The lowest BCUT2D eigenvalue weighted by Gasteiger charge is -2.34. The Kier molecular flexibility index (Phi) is 3.85. The van der Waals surface area contributed by atoms with Crippen molar-refractivity contribution >= 4 is 28.8 Å². The number of fused-ring (bicyclic) bond motifs is 2. The minimum Gasteiger partial charge on any atom is -0.507 e. The number of aromatic hydroxyl groups is 1. The molecule has 2 aromatic rings. The molecular weight excluding hydrogens is 336 g/mol. The van der Waals surface area contributed by atoms with Crippen LogP contribution in [0, 0.1) is 0 Å². The summed E-state index contributed by atoms with van der Waals surface area (Å²) in [5.41, 5.74) is 0.735. The quantitative estimate of drug-likeness (QED) is 0.854. The smallest absolute Gasteiger partial charge is 0.295 e. The first-order valence-electron chi connectivity index (χ1n) is 8.38. The van der Waals surface area contributed by atoms with Gasteiger partial charge in [-0.2, -0.15) is 0 Å². The van der Waals surface area contributed by atoms with Gasteiger partial charge in [-0.1, -0.05) is 31.2 Å². The maximum absolute atomic E-state index is 13.1. The molecule has 6 heteroatoms. The number of phenols is 1. The lowest BCUT2D eigenvalue weighted by molar-refractivity contribution is -0.174. The van der Waals surface area contributed by atoms with Crippen molar-refractivity contribution in [3.05, 3.63) is 52.6 Å². The molecule has 1 heterocycles. The molecule has 4 rings (SSSR count). The molecule has 0 aromatic heterocycles. The minimum atomic E-state index is -0.899. The zero-order valence-corrected chi connectivity index (χ0v) is 14.0. The number of carbonyl (C=O) groups excluding carboxylic acids is 3. The van der Waals surface area contributed by atoms with Gasteiger partial charge in [0.25, 0.3) is 6.47 Å². The van der Waals surface area contributed by atoms with E-state index in [4.69, 9.17) is 9.47 Å². The Hall–Kier alpha value is -2.99. The standard InChI is InChI=1S/C20H16O6/c1-2-14-16-13(8-15(26-14)25-9-21)18(22)12-7-10-5-3-4-6-11(10)19(23)17(12)20(16)24/h3-7,9,14-15,23H,2,8H2,1H3. The predicted molar refractivity (Wildman–Crippen MR) is 92.0 cm³/mol. The van der Waals surface area contributed by atoms with Crippen LogP contribution in [-0.2, 0) is 14.3 Å². The van der Waals surface area contributed by atoms with E-state index < -0.39 is 18.2 Å². The van der Waals surface area contributed by atoms with Crippen LogP contribution in [0.25, 0.3) is 10.8 Å². The largest absolute Gasteiger partial charge is 0.507 e. The van der Waals surface area contributed by atoms with E-state index in [2.05, 4.69) is 0 Å². The van der Waals surface area contributed by atoms with Crippen LogP contribution >= 0.6 is 0 Å². The second-order valence-corrected chi connectivity index (χ2v) is 6.32. The van der Waals surface area contributed by atoms with Gasteiger partial charge in [0.1, 0.15) is 5.75 Å². The molecule has 0 bridgehead atoms. The van der Waals surface area contributed by atoms with Gasteiger partial charge < -0.3 is 14.6 Å². The topological polar surface area (TPSA) is 89.9 Å². The first kappa shape index (κ1) is 16.5. The average molecular weight is 352 g/mol. The molecule has 0 radical (unpaired) electrons. The minimum absolute atomic E-state index is 0.0160. The Balaban J connectivity index is 1.93. The summed E-state index contributed by atoms with van der Waals surface area (Å²) in [7, 11) is 0. The van der Waals surface area contributed by atoms with Gasteiger partial charge in [-0.3, -0.25) is 14.4 Å². The summed E-state index contributed by atoms with van der Waals surface area (Å²) in [5, 5.41) is 11.9. The Morgan fingerprint density at radius 3 is 2.77 bits per heavy atom. The van der Waals surface area contributed by atoms with E-state index in [1.54, 1.807) is 30.3 Å². The van der Waals surface area contributed by atoms with Crippen molar-refractivity contribution in [1.82, 2.24) is 0 Å². The summed E-state index contributed by atoms with van der Waals surface area (Å²) >= 11 is 0. The maximum Gasteiger partial charge on any atom is 0.295 e. The van der Waals surface area contributed by atoms with E-state index in [-0.39, 0.29) is 41.1 Å². The van der Waals surface area contributed by atoms with Crippen LogP contribution < -0.4 is 0 Å². The van der Waals surface area contributed by atoms with Crippen molar-refractivity contribution in [3.63, 3.8) is 0 Å². The molecule has 0 fully saturated rings. The molecule has 1 aliphatic heterocycles. The van der Waals surface area contributed by atoms with Crippen LogP contribution in [0.4, 0.5) is 0 Å². The number of ketones is 2. The van der Waals surface area contributed by atoms with Crippen LogP contribution in [0.5, 0.6) is 5.75 Å². The number of carbonyl (C=O) groups is 3. The molecule has 0 spiro atoms. The number of rotatable bonds is 3. The zero-order chi connectivity index (χ0) is 18.4. The highest BCUT2D eigenvalue weighted by Crippen LogP contribution is 2.42. The van der Waals surface area contributed by atoms with Crippen LogP contribution in [0.3, 0.4) is 0 Å². The fourth-order valence-corrected chi connectivity index (χ4v) is 3.75. The first-order chi connectivity index (χ1) is 12.6. The molecular formula is C20H16O6. The maximum atomic E-state index is 13.1. The van der Waals surface area contributed by atoms with E-state index in [1.807, 2.05) is 6.92 Å². The van der Waals surface area contributed by atoms with Crippen LogP contribution in [-0.4, -0.2) is 35.5 Å². The number of benzene rings is 2. The molecule has 2 unspecified atom stereocenters. The van der Waals surface area contributed by atoms with E-state index in [1.165, 1.54) is 0 Å². The normalized spacial score (nSPS) is 22.2. The summed E-state index contributed by atoms with van der Waals surface area (Å²) < 4.78 is 10.5. The van der Waals surface area contributed by atoms with Gasteiger partial charge in [-0.05, 0) is 17.9 Å².